The van der Waals surface area contributed by atoms with Crippen LogP contribution in [-0.4, -0.2) is 36.0 Å². The highest BCUT2D eigenvalue weighted by atomic mass is 19.4. The van der Waals surface area contributed by atoms with Crippen LogP contribution in [0.15, 0.2) is 42.5 Å². The topological polar surface area (TPSA) is 55.6 Å². The predicted octanol–water partition coefficient (Wildman–Crippen LogP) is 6.45. The predicted molar refractivity (Wildman–Crippen MR) is 125 cm³/mol. The second-order valence-corrected chi connectivity index (χ2v) is 10.1. The van der Waals surface area contributed by atoms with E-state index in [2.05, 4.69) is 0 Å². The smallest absolute Gasteiger partial charge is 0.370 e. The molecule has 5 atom stereocenters. The summed E-state index contributed by atoms with van der Waals surface area (Å²) in [7, 11) is 0. The molecule has 2 aliphatic rings. The molecule has 0 spiro atoms. The highest BCUT2D eigenvalue weighted by molar-refractivity contribution is 5.80. The van der Waals surface area contributed by atoms with Gasteiger partial charge in [0, 0.05) is 12.5 Å². The fraction of sp³-hybridized carbons (Fsp3) is 0.519. The van der Waals surface area contributed by atoms with Crippen LogP contribution in [-0.2, 0) is 21.9 Å². The first kappa shape index (κ1) is 28.4. The number of nitrogens with two attached hydrogens (primary N) is 1. The van der Waals surface area contributed by atoms with Crippen molar-refractivity contribution in [1.82, 2.24) is 4.90 Å². The Morgan fingerprint density at radius 2 is 1.61 bits per heavy atom. The van der Waals surface area contributed by atoms with Crippen LogP contribution in [0, 0.1) is 11.7 Å². The largest absolute Gasteiger partial charge is 0.416 e. The number of benzene rings is 2. The first-order valence-electron chi connectivity index (χ1n) is 12.5. The number of hydrogen-bond acceptors (Lipinski definition) is 3. The second-order valence-electron chi connectivity index (χ2n) is 10.1. The molecule has 1 heterocycles. The second kappa shape index (κ2) is 10.8. The molecule has 208 valence electrons. The molecule has 1 amide bonds. The number of rotatable bonds is 7. The van der Waals surface area contributed by atoms with Gasteiger partial charge in [0.25, 0.3) is 0 Å². The molecule has 2 aromatic carbocycles. The molecule has 11 heteroatoms. The Bertz CT molecular complexity index is 1100. The number of carbonyl (C=O) groups is 1. The zero-order valence-electron chi connectivity index (χ0n) is 20.7. The molecule has 1 saturated heterocycles. The van der Waals surface area contributed by atoms with Crippen molar-refractivity contribution in [2.75, 3.05) is 13.1 Å². The summed E-state index contributed by atoms with van der Waals surface area (Å²) in [5, 5.41) is 0. The van der Waals surface area contributed by atoms with E-state index in [1.807, 2.05) is 4.90 Å². The molecular formula is C27H29F7N2O2. The summed E-state index contributed by atoms with van der Waals surface area (Å²) in [5.41, 5.74) is 3.28. The van der Waals surface area contributed by atoms with Crippen molar-refractivity contribution in [2.45, 2.75) is 69.1 Å². The lowest BCUT2D eigenvalue weighted by molar-refractivity contribution is -0.143. The Morgan fingerprint density at radius 1 is 1.00 bits per heavy atom. The summed E-state index contributed by atoms with van der Waals surface area (Å²) in [5.74, 6) is -1.19. The Labute approximate surface area is 215 Å². The van der Waals surface area contributed by atoms with Crippen molar-refractivity contribution in [1.29, 1.82) is 0 Å². The first-order chi connectivity index (χ1) is 17.7. The Balaban J connectivity index is 1.61. The summed E-state index contributed by atoms with van der Waals surface area (Å²) < 4.78 is 100. The summed E-state index contributed by atoms with van der Waals surface area (Å²) in [6, 6.07) is 6.89. The minimum atomic E-state index is -4.96. The maximum absolute atomic E-state index is 13.7. The quantitative estimate of drug-likeness (QED) is 0.406. The molecule has 1 saturated carbocycles. The Kier molecular flexibility index (Phi) is 8.09. The van der Waals surface area contributed by atoms with Gasteiger partial charge in [-0.25, -0.2) is 4.39 Å². The fourth-order valence-electron chi connectivity index (χ4n) is 5.79. The fourth-order valence-corrected chi connectivity index (χ4v) is 5.79. The van der Waals surface area contributed by atoms with Crippen LogP contribution in [0.4, 0.5) is 30.7 Å². The van der Waals surface area contributed by atoms with Crippen molar-refractivity contribution >= 4 is 5.91 Å². The van der Waals surface area contributed by atoms with Crippen LogP contribution in [0.25, 0.3) is 0 Å². The van der Waals surface area contributed by atoms with Crippen molar-refractivity contribution in [3.05, 3.63) is 70.5 Å². The Morgan fingerprint density at radius 3 is 2.16 bits per heavy atom. The van der Waals surface area contributed by atoms with Gasteiger partial charge in [0.05, 0.1) is 29.4 Å². The van der Waals surface area contributed by atoms with E-state index in [4.69, 9.17) is 10.5 Å². The number of amides is 1. The third-order valence-electron chi connectivity index (χ3n) is 7.60. The van der Waals surface area contributed by atoms with Gasteiger partial charge in [0.1, 0.15) is 5.82 Å². The number of ether oxygens (including phenoxy) is 1. The lowest BCUT2D eigenvalue weighted by Gasteiger charge is -2.32. The lowest BCUT2D eigenvalue weighted by atomic mass is 9.86. The first-order valence-corrected chi connectivity index (χ1v) is 12.5. The SMILES string of the molecule is C[C@@H](O[C@H]1CC[C@@H](CN2CCC[C@@H]2C(N)=O)[C@@H]1c1ccc(F)cc1)c1cc(C(F)(F)F)cc(C(F)(F)F)c1. The lowest BCUT2D eigenvalue weighted by Crippen LogP contribution is -2.43. The molecule has 0 bridgehead atoms. The normalized spacial score (nSPS) is 25.6. The van der Waals surface area contributed by atoms with Crippen LogP contribution in [0.3, 0.4) is 0 Å². The van der Waals surface area contributed by atoms with E-state index in [9.17, 15) is 35.5 Å². The van der Waals surface area contributed by atoms with Gasteiger partial charge in [-0.3, -0.25) is 9.69 Å². The van der Waals surface area contributed by atoms with Crippen LogP contribution >= 0.6 is 0 Å². The van der Waals surface area contributed by atoms with Gasteiger partial charge in [-0.05, 0) is 86.5 Å². The minimum Gasteiger partial charge on any atom is -0.370 e. The molecule has 0 unspecified atom stereocenters. The van der Waals surface area contributed by atoms with Crippen LogP contribution in [0.2, 0.25) is 0 Å². The van der Waals surface area contributed by atoms with E-state index in [0.29, 0.717) is 44.5 Å². The Hall–Kier alpha value is -2.66. The van der Waals surface area contributed by atoms with Crippen molar-refractivity contribution in [2.24, 2.45) is 11.7 Å². The number of alkyl halides is 6. The number of halogens is 7. The van der Waals surface area contributed by atoms with E-state index >= 15 is 0 Å². The molecule has 1 aliphatic carbocycles. The van der Waals surface area contributed by atoms with E-state index in [1.165, 1.54) is 19.1 Å². The summed E-state index contributed by atoms with van der Waals surface area (Å²) in [4.78, 5) is 13.9. The van der Waals surface area contributed by atoms with Gasteiger partial charge in [-0.15, -0.1) is 0 Å². The van der Waals surface area contributed by atoms with Crippen LogP contribution in [0.1, 0.15) is 66.9 Å². The average molecular weight is 547 g/mol. The maximum atomic E-state index is 13.7. The van der Waals surface area contributed by atoms with Gasteiger partial charge in [0.2, 0.25) is 5.91 Å². The number of primary amides is 1. The van der Waals surface area contributed by atoms with E-state index in [-0.39, 0.29) is 23.5 Å². The number of likely N-dealkylation sites (tertiary alicyclic amines) is 1. The number of hydrogen-bond donors (Lipinski definition) is 1. The highest BCUT2D eigenvalue weighted by Crippen LogP contribution is 2.45. The zero-order valence-corrected chi connectivity index (χ0v) is 20.7. The monoisotopic (exact) mass is 546 g/mol. The van der Waals surface area contributed by atoms with Crippen LogP contribution < -0.4 is 5.73 Å². The number of carbonyl (C=O) groups excluding carboxylic acids is 1. The van der Waals surface area contributed by atoms with Gasteiger partial charge < -0.3 is 10.5 Å². The summed E-state index contributed by atoms with van der Waals surface area (Å²) in [6.07, 6.45) is -8.93. The molecular weight excluding hydrogens is 517 g/mol. The van der Waals surface area contributed by atoms with Crippen LogP contribution in [0.5, 0.6) is 0 Å². The molecule has 4 nitrogen and oxygen atoms in total. The molecule has 38 heavy (non-hydrogen) atoms. The van der Waals surface area contributed by atoms with E-state index in [0.717, 1.165) is 12.0 Å². The highest BCUT2D eigenvalue weighted by Gasteiger charge is 2.42. The standard InChI is InChI=1S/C27H29F7N2O2/c1-15(18-11-19(26(29,30)31)13-20(12-18)27(32,33)34)38-23-9-6-17(14-36-10-2-3-22(36)25(35)37)24(23)16-4-7-21(28)8-5-16/h4-5,7-8,11-13,15,17,22-24H,2-3,6,9-10,14H2,1H3,(H2,35,37)/t15-,17+,22-,23+,24+/m1/s1. The van der Waals surface area contributed by atoms with Gasteiger partial charge in [0.15, 0.2) is 0 Å². The molecule has 2 N–H and O–H groups in total. The maximum Gasteiger partial charge on any atom is 0.416 e. The van der Waals surface area contributed by atoms with Gasteiger partial charge >= 0.3 is 12.4 Å². The molecule has 2 fully saturated rings. The zero-order chi connectivity index (χ0) is 27.8. The molecule has 4 rings (SSSR count). The van der Waals surface area contributed by atoms with Gasteiger partial charge in [-0.2, -0.15) is 26.3 Å². The third-order valence-corrected chi connectivity index (χ3v) is 7.60. The third kappa shape index (κ3) is 6.31. The average Bonchev–Trinajstić information content (AvgIpc) is 3.46. The van der Waals surface area contributed by atoms with Crippen molar-refractivity contribution in [3.63, 3.8) is 0 Å². The van der Waals surface area contributed by atoms with E-state index in [1.54, 1.807) is 12.1 Å². The molecule has 0 radical (unpaired) electrons. The van der Waals surface area contributed by atoms with E-state index < -0.39 is 53.5 Å². The minimum absolute atomic E-state index is 0.0372. The van der Waals surface area contributed by atoms with Crippen molar-refractivity contribution in [3.8, 4) is 0 Å². The van der Waals surface area contributed by atoms with Gasteiger partial charge in [-0.1, -0.05) is 12.1 Å². The number of nitrogens with zero attached hydrogens (tertiary/aromatic N) is 1. The molecule has 0 aromatic heterocycles. The molecule has 2 aromatic rings. The summed E-state index contributed by atoms with van der Waals surface area (Å²) >= 11 is 0. The summed E-state index contributed by atoms with van der Waals surface area (Å²) in [6.45, 7) is 2.63. The van der Waals surface area contributed by atoms with Crippen molar-refractivity contribution < 1.29 is 40.3 Å². The molecule has 1 aliphatic heterocycles.